The Kier molecular flexibility index (Phi) is 3.92. The van der Waals surface area contributed by atoms with Crippen LogP contribution in [0.4, 0.5) is 0 Å². The highest BCUT2D eigenvalue weighted by Gasteiger charge is 2.11. The van der Waals surface area contributed by atoms with E-state index < -0.39 is 5.97 Å². The van der Waals surface area contributed by atoms with Crippen molar-refractivity contribution in [1.29, 1.82) is 0 Å². The highest BCUT2D eigenvalue weighted by molar-refractivity contribution is 6.33. The summed E-state index contributed by atoms with van der Waals surface area (Å²) in [5, 5.41) is 0.389. The Morgan fingerprint density at radius 3 is 2.86 bits per heavy atom. The topological polar surface area (TPSA) is 52.3 Å². The molecule has 1 rings (SSSR count). The fourth-order valence-electron chi connectivity index (χ4n) is 1.06. The van der Waals surface area contributed by atoms with E-state index in [9.17, 15) is 4.79 Å². The maximum Gasteiger partial charge on any atom is 0.339 e. The van der Waals surface area contributed by atoms with Crippen LogP contribution in [0.1, 0.15) is 22.8 Å². The molecule has 4 heteroatoms. The molecule has 0 saturated carbocycles. The molecule has 0 atom stereocenters. The summed E-state index contributed by atoms with van der Waals surface area (Å²) in [5.74, 6) is -0.409. The maximum atomic E-state index is 11.4. The van der Waals surface area contributed by atoms with Crippen molar-refractivity contribution < 1.29 is 9.53 Å². The molecule has 1 aromatic carbocycles. The minimum absolute atomic E-state index is 0.335. The lowest BCUT2D eigenvalue weighted by atomic mass is 10.1. The average molecular weight is 214 g/mol. The maximum absolute atomic E-state index is 11.4. The second-order valence-corrected chi connectivity index (χ2v) is 3.15. The van der Waals surface area contributed by atoms with Crippen LogP contribution in [0.15, 0.2) is 18.2 Å². The van der Waals surface area contributed by atoms with Gasteiger partial charge in [0.05, 0.1) is 17.2 Å². The lowest BCUT2D eigenvalue weighted by molar-refractivity contribution is 0.0526. The SMILES string of the molecule is CCOC(=O)c1cc(CN)ccc1Cl. The van der Waals surface area contributed by atoms with Gasteiger partial charge in [0.1, 0.15) is 0 Å². The molecular weight excluding hydrogens is 202 g/mol. The van der Waals surface area contributed by atoms with Gasteiger partial charge in [-0.05, 0) is 24.6 Å². The van der Waals surface area contributed by atoms with E-state index in [1.165, 1.54) is 0 Å². The minimum atomic E-state index is -0.409. The Balaban J connectivity index is 2.99. The van der Waals surface area contributed by atoms with Crippen molar-refractivity contribution >= 4 is 17.6 Å². The van der Waals surface area contributed by atoms with Gasteiger partial charge < -0.3 is 10.5 Å². The first kappa shape index (κ1) is 11.0. The summed E-state index contributed by atoms with van der Waals surface area (Å²) >= 11 is 5.84. The van der Waals surface area contributed by atoms with Crippen LogP contribution in [0.5, 0.6) is 0 Å². The number of ether oxygens (including phenoxy) is 1. The number of esters is 1. The molecule has 0 aliphatic rings. The van der Waals surface area contributed by atoms with Crippen molar-refractivity contribution in [2.45, 2.75) is 13.5 Å². The number of carbonyl (C=O) groups is 1. The molecule has 0 radical (unpaired) electrons. The normalized spacial score (nSPS) is 9.93. The van der Waals surface area contributed by atoms with E-state index in [0.717, 1.165) is 5.56 Å². The third-order valence-corrected chi connectivity index (χ3v) is 2.09. The zero-order chi connectivity index (χ0) is 10.6. The van der Waals surface area contributed by atoms with Crippen LogP contribution in [0, 0.1) is 0 Å². The standard InChI is InChI=1S/C10H12ClNO2/c1-2-14-10(13)8-5-7(6-12)3-4-9(8)11/h3-5H,2,6,12H2,1H3. The third kappa shape index (κ3) is 2.47. The fourth-order valence-corrected chi connectivity index (χ4v) is 1.26. The van der Waals surface area contributed by atoms with Crippen LogP contribution in [0.3, 0.4) is 0 Å². The molecule has 0 fully saturated rings. The van der Waals surface area contributed by atoms with Gasteiger partial charge in [-0.25, -0.2) is 4.79 Å². The lowest BCUT2D eigenvalue weighted by Crippen LogP contribution is -2.07. The first-order valence-corrected chi connectivity index (χ1v) is 4.72. The lowest BCUT2D eigenvalue weighted by Gasteiger charge is -2.05. The number of halogens is 1. The van der Waals surface area contributed by atoms with Crippen molar-refractivity contribution in [2.24, 2.45) is 5.73 Å². The van der Waals surface area contributed by atoms with Crippen LogP contribution in [-0.2, 0) is 11.3 Å². The summed E-state index contributed by atoms with van der Waals surface area (Å²) in [4.78, 5) is 11.4. The number of rotatable bonds is 3. The monoisotopic (exact) mass is 213 g/mol. The molecule has 0 unspecified atom stereocenters. The van der Waals surface area contributed by atoms with E-state index in [1.54, 1.807) is 25.1 Å². The van der Waals surface area contributed by atoms with Crippen LogP contribution < -0.4 is 5.73 Å². The van der Waals surface area contributed by atoms with Gasteiger partial charge in [0, 0.05) is 6.54 Å². The molecule has 0 aromatic heterocycles. The minimum Gasteiger partial charge on any atom is -0.462 e. The summed E-state index contributed by atoms with van der Waals surface area (Å²) in [5.41, 5.74) is 6.68. The van der Waals surface area contributed by atoms with E-state index in [1.807, 2.05) is 0 Å². The first-order valence-electron chi connectivity index (χ1n) is 4.34. The highest BCUT2D eigenvalue weighted by Crippen LogP contribution is 2.18. The Labute approximate surface area is 87.8 Å². The number of hydrogen-bond acceptors (Lipinski definition) is 3. The zero-order valence-corrected chi connectivity index (χ0v) is 8.67. The van der Waals surface area contributed by atoms with Gasteiger partial charge in [0.25, 0.3) is 0 Å². The van der Waals surface area contributed by atoms with Crippen LogP contribution in [0.25, 0.3) is 0 Å². The molecule has 76 valence electrons. The van der Waals surface area contributed by atoms with Gasteiger partial charge >= 0.3 is 5.97 Å². The second-order valence-electron chi connectivity index (χ2n) is 2.74. The second kappa shape index (κ2) is 4.98. The molecule has 0 aliphatic heterocycles. The van der Waals surface area contributed by atoms with Crippen LogP contribution in [0.2, 0.25) is 5.02 Å². The Bertz CT molecular complexity index is 339. The van der Waals surface area contributed by atoms with E-state index in [0.29, 0.717) is 23.7 Å². The number of nitrogens with two attached hydrogens (primary N) is 1. The Morgan fingerprint density at radius 1 is 1.57 bits per heavy atom. The van der Waals surface area contributed by atoms with Gasteiger partial charge in [0.2, 0.25) is 0 Å². The van der Waals surface area contributed by atoms with E-state index in [-0.39, 0.29) is 0 Å². The molecule has 0 heterocycles. The molecule has 0 saturated heterocycles. The van der Waals surface area contributed by atoms with Crippen molar-refractivity contribution in [3.05, 3.63) is 34.3 Å². The summed E-state index contributed by atoms with van der Waals surface area (Å²) in [6.07, 6.45) is 0. The summed E-state index contributed by atoms with van der Waals surface area (Å²) in [6.45, 7) is 2.46. The molecule has 3 nitrogen and oxygen atoms in total. The van der Waals surface area contributed by atoms with Crippen molar-refractivity contribution in [3.63, 3.8) is 0 Å². The molecule has 0 amide bonds. The van der Waals surface area contributed by atoms with Gasteiger partial charge in [-0.1, -0.05) is 17.7 Å². The molecular formula is C10H12ClNO2. The van der Waals surface area contributed by atoms with Gasteiger partial charge in [0.15, 0.2) is 0 Å². The average Bonchev–Trinajstić information content (AvgIpc) is 2.19. The predicted octanol–water partition coefficient (Wildman–Crippen LogP) is 1.98. The van der Waals surface area contributed by atoms with Crippen molar-refractivity contribution in [1.82, 2.24) is 0 Å². The largest absolute Gasteiger partial charge is 0.462 e. The summed E-state index contributed by atoms with van der Waals surface area (Å²) in [6, 6.07) is 5.08. The molecule has 0 spiro atoms. The smallest absolute Gasteiger partial charge is 0.339 e. The molecule has 1 aromatic rings. The summed E-state index contributed by atoms with van der Waals surface area (Å²) < 4.78 is 4.84. The quantitative estimate of drug-likeness (QED) is 0.782. The molecule has 14 heavy (non-hydrogen) atoms. The summed E-state index contributed by atoms with van der Waals surface area (Å²) in [7, 11) is 0. The molecule has 0 bridgehead atoms. The van der Waals surface area contributed by atoms with Crippen LogP contribution in [-0.4, -0.2) is 12.6 Å². The number of carbonyl (C=O) groups excluding carboxylic acids is 1. The number of benzene rings is 1. The Hall–Kier alpha value is -1.06. The van der Waals surface area contributed by atoms with E-state index in [4.69, 9.17) is 22.1 Å². The van der Waals surface area contributed by atoms with Gasteiger partial charge in [-0.3, -0.25) is 0 Å². The predicted molar refractivity (Wildman–Crippen MR) is 55.3 cm³/mol. The van der Waals surface area contributed by atoms with Crippen molar-refractivity contribution in [3.8, 4) is 0 Å². The fraction of sp³-hybridized carbons (Fsp3) is 0.300. The van der Waals surface area contributed by atoms with Crippen molar-refractivity contribution in [2.75, 3.05) is 6.61 Å². The molecule has 2 N–H and O–H groups in total. The van der Waals surface area contributed by atoms with Gasteiger partial charge in [-0.2, -0.15) is 0 Å². The van der Waals surface area contributed by atoms with E-state index >= 15 is 0 Å². The molecule has 0 aliphatic carbocycles. The zero-order valence-electron chi connectivity index (χ0n) is 7.92. The third-order valence-electron chi connectivity index (χ3n) is 1.76. The van der Waals surface area contributed by atoms with Crippen LogP contribution >= 0.6 is 11.6 Å². The Morgan fingerprint density at radius 2 is 2.29 bits per heavy atom. The highest BCUT2D eigenvalue weighted by atomic mass is 35.5. The van der Waals surface area contributed by atoms with Gasteiger partial charge in [-0.15, -0.1) is 0 Å². The number of hydrogen-bond donors (Lipinski definition) is 1. The first-order chi connectivity index (χ1) is 6.69. The van der Waals surface area contributed by atoms with E-state index in [2.05, 4.69) is 0 Å².